The first-order valence-corrected chi connectivity index (χ1v) is 16.2. The first-order valence-electron chi connectivity index (χ1n) is 16.2. The van der Waals surface area contributed by atoms with Crippen molar-refractivity contribution in [3.63, 3.8) is 0 Å². The van der Waals surface area contributed by atoms with Crippen molar-refractivity contribution in [1.82, 2.24) is 9.13 Å². The van der Waals surface area contributed by atoms with Crippen LogP contribution in [0.3, 0.4) is 0 Å². The average Bonchev–Trinajstić information content (AvgIpc) is 3.67. The van der Waals surface area contributed by atoms with Gasteiger partial charge in [0.25, 0.3) is 0 Å². The van der Waals surface area contributed by atoms with Crippen molar-refractivity contribution in [2.45, 2.75) is 12.8 Å². The molecule has 6 aromatic carbocycles. The van der Waals surface area contributed by atoms with E-state index >= 15 is 0 Å². The molecule has 4 nitrogen and oxygen atoms in total. The number of fused-ring (bicyclic) bond motifs is 6. The standard InChI is InChI=1S/C44H28N4/c45-27-29-19-21-35(43(23-29)48-42-18-6-3-15-38(42)39-22-20-30(28-46)24-44(39)48)33-11-7-9-31(25-33)32-10-8-12-34(26-32)47-40-16-4-1-13-36(40)37-14-2-5-17-41(37)47/h1-4,6-16,18-26H,5,17H2. The smallest absolute Gasteiger partial charge is 0.0992 e. The molecule has 0 bridgehead atoms. The van der Waals surface area contributed by atoms with E-state index in [2.05, 4.69) is 118 Å². The molecule has 0 fully saturated rings. The highest BCUT2D eigenvalue weighted by Crippen LogP contribution is 2.39. The minimum absolute atomic E-state index is 0.581. The van der Waals surface area contributed by atoms with Gasteiger partial charge in [-0.05, 0) is 84.1 Å². The van der Waals surface area contributed by atoms with E-state index in [1.54, 1.807) is 0 Å². The summed E-state index contributed by atoms with van der Waals surface area (Å²) < 4.78 is 4.63. The Hall–Kier alpha value is -6.62. The van der Waals surface area contributed by atoms with Crippen LogP contribution in [0.1, 0.15) is 28.8 Å². The van der Waals surface area contributed by atoms with Crippen LogP contribution in [0.4, 0.5) is 0 Å². The Kier molecular flexibility index (Phi) is 6.35. The number of aromatic nitrogens is 2. The van der Waals surface area contributed by atoms with Crippen LogP contribution in [-0.4, -0.2) is 9.13 Å². The number of benzene rings is 6. The third-order valence-corrected chi connectivity index (χ3v) is 9.63. The third kappa shape index (κ3) is 4.28. The van der Waals surface area contributed by atoms with Gasteiger partial charge in [0.1, 0.15) is 0 Å². The monoisotopic (exact) mass is 612 g/mol. The fraction of sp³-hybridized carbons (Fsp3) is 0.0455. The molecule has 8 aromatic rings. The lowest BCUT2D eigenvalue weighted by Gasteiger charge is -2.16. The highest BCUT2D eigenvalue weighted by Gasteiger charge is 2.20. The third-order valence-electron chi connectivity index (χ3n) is 9.63. The molecule has 0 radical (unpaired) electrons. The minimum Gasteiger partial charge on any atom is -0.313 e. The molecule has 0 amide bonds. The van der Waals surface area contributed by atoms with Crippen LogP contribution in [0, 0.1) is 22.7 Å². The molecule has 0 unspecified atom stereocenters. The summed E-state index contributed by atoms with van der Waals surface area (Å²) in [5, 5.41) is 23.2. The summed E-state index contributed by atoms with van der Waals surface area (Å²) in [5.41, 5.74) is 13.4. The predicted octanol–water partition coefficient (Wildman–Crippen LogP) is 10.8. The Morgan fingerprint density at radius 3 is 2.02 bits per heavy atom. The summed E-state index contributed by atoms with van der Waals surface area (Å²) in [6.07, 6.45) is 6.61. The molecule has 48 heavy (non-hydrogen) atoms. The summed E-state index contributed by atoms with van der Waals surface area (Å²) in [4.78, 5) is 0. The van der Waals surface area contributed by atoms with Gasteiger partial charge in [-0.2, -0.15) is 10.5 Å². The molecular weight excluding hydrogens is 585 g/mol. The van der Waals surface area contributed by atoms with Crippen molar-refractivity contribution in [1.29, 1.82) is 10.5 Å². The van der Waals surface area contributed by atoms with Crippen molar-refractivity contribution in [2.75, 3.05) is 0 Å². The number of allylic oxidation sites excluding steroid dienone is 1. The number of para-hydroxylation sites is 2. The van der Waals surface area contributed by atoms with E-state index in [1.807, 2.05) is 48.5 Å². The van der Waals surface area contributed by atoms with Gasteiger partial charge in [0.15, 0.2) is 0 Å². The molecule has 0 saturated carbocycles. The maximum atomic E-state index is 9.96. The van der Waals surface area contributed by atoms with E-state index in [4.69, 9.17) is 0 Å². The molecular formula is C44H28N4. The van der Waals surface area contributed by atoms with Crippen molar-refractivity contribution in [3.05, 3.63) is 162 Å². The van der Waals surface area contributed by atoms with Gasteiger partial charge in [-0.25, -0.2) is 0 Å². The first kappa shape index (κ1) is 27.7. The van der Waals surface area contributed by atoms with Gasteiger partial charge < -0.3 is 9.13 Å². The van der Waals surface area contributed by atoms with E-state index < -0.39 is 0 Å². The first-order chi connectivity index (χ1) is 23.7. The second-order valence-electron chi connectivity index (χ2n) is 12.3. The Morgan fingerprint density at radius 2 is 1.19 bits per heavy atom. The van der Waals surface area contributed by atoms with Crippen LogP contribution in [0.2, 0.25) is 0 Å². The zero-order chi connectivity index (χ0) is 32.2. The fourth-order valence-electron chi connectivity index (χ4n) is 7.49. The zero-order valence-electron chi connectivity index (χ0n) is 26.1. The molecule has 0 atom stereocenters. The van der Waals surface area contributed by atoms with Crippen LogP contribution in [0.5, 0.6) is 0 Å². The highest BCUT2D eigenvalue weighted by molar-refractivity contribution is 6.10. The number of hydrogen-bond donors (Lipinski definition) is 0. The Morgan fingerprint density at radius 1 is 0.521 bits per heavy atom. The van der Waals surface area contributed by atoms with Crippen molar-refractivity contribution >= 4 is 38.8 Å². The summed E-state index contributed by atoms with van der Waals surface area (Å²) in [5.74, 6) is 0. The van der Waals surface area contributed by atoms with Gasteiger partial charge in [-0.1, -0.05) is 91.0 Å². The number of nitrogens with zero attached hydrogens (tertiary/aromatic N) is 4. The lowest BCUT2D eigenvalue weighted by Crippen LogP contribution is -2.03. The summed E-state index contributed by atoms with van der Waals surface area (Å²) in [6.45, 7) is 0. The normalized spacial score (nSPS) is 12.3. The van der Waals surface area contributed by atoms with Crippen molar-refractivity contribution in [3.8, 4) is 45.8 Å². The van der Waals surface area contributed by atoms with Gasteiger partial charge in [0.2, 0.25) is 0 Å². The Bertz CT molecular complexity index is 2700. The average molecular weight is 613 g/mol. The summed E-state index contributed by atoms with van der Waals surface area (Å²) in [7, 11) is 0. The molecule has 0 aliphatic heterocycles. The molecule has 0 spiro atoms. The van der Waals surface area contributed by atoms with Gasteiger partial charge in [0, 0.05) is 38.7 Å². The van der Waals surface area contributed by atoms with E-state index in [0.29, 0.717) is 11.1 Å². The molecule has 4 heteroatoms. The van der Waals surface area contributed by atoms with Crippen LogP contribution in [0.25, 0.3) is 72.4 Å². The van der Waals surface area contributed by atoms with Crippen LogP contribution >= 0.6 is 0 Å². The Labute approximate surface area is 278 Å². The molecule has 2 aromatic heterocycles. The van der Waals surface area contributed by atoms with Crippen molar-refractivity contribution in [2.24, 2.45) is 0 Å². The zero-order valence-corrected chi connectivity index (χ0v) is 26.1. The predicted molar refractivity (Wildman–Crippen MR) is 195 cm³/mol. The summed E-state index contributed by atoms with van der Waals surface area (Å²) in [6, 6.07) is 50.8. The molecule has 2 heterocycles. The molecule has 0 saturated heterocycles. The maximum absolute atomic E-state index is 9.96. The lowest BCUT2D eigenvalue weighted by molar-refractivity contribution is 0.889. The van der Waals surface area contributed by atoms with Gasteiger partial charge >= 0.3 is 0 Å². The van der Waals surface area contributed by atoms with E-state index in [9.17, 15) is 10.5 Å². The lowest BCUT2D eigenvalue weighted by atomic mass is 9.96. The van der Waals surface area contributed by atoms with Crippen LogP contribution < -0.4 is 0 Å². The van der Waals surface area contributed by atoms with Gasteiger partial charge in [-0.15, -0.1) is 0 Å². The molecule has 0 N–H and O–H groups in total. The molecule has 9 rings (SSSR count). The second kappa shape index (κ2) is 11.0. The maximum Gasteiger partial charge on any atom is 0.0992 e. The van der Waals surface area contributed by atoms with Gasteiger partial charge in [0.05, 0.1) is 45.5 Å². The fourth-order valence-corrected chi connectivity index (χ4v) is 7.49. The van der Waals surface area contributed by atoms with Crippen molar-refractivity contribution < 1.29 is 0 Å². The topological polar surface area (TPSA) is 57.4 Å². The largest absolute Gasteiger partial charge is 0.313 e. The SMILES string of the molecule is N#Cc1ccc(-c2cccc(-c3cccc(-n4c5c(c6ccccc64)C=CCC5)c3)c2)c(-n2c3ccccc3c3ccc(C#N)cc32)c1. The van der Waals surface area contributed by atoms with E-state index in [-0.39, 0.29) is 0 Å². The number of hydrogen-bond acceptors (Lipinski definition) is 2. The van der Waals surface area contributed by atoms with Crippen LogP contribution in [0.15, 0.2) is 140 Å². The van der Waals surface area contributed by atoms with Crippen LogP contribution in [-0.2, 0) is 6.42 Å². The molecule has 224 valence electrons. The quantitative estimate of drug-likeness (QED) is 0.199. The van der Waals surface area contributed by atoms with E-state index in [0.717, 1.165) is 68.3 Å². The Balaban J connectivity index is 1.22. The summed E-state index contributed by atoms with van der Waals surface area (Å²) >= 11 is 0. The second-order valence-corrected chi connectivity index (χ2v) is 12.3. The minimum atomic E-state index is 0.581. The van der Waals surface area contributed by atoms with Gasteiger partial charge in [-0.3, -0.25) is 0 Å². The molecule has 1 aliphatic rings. The number of nitriles is 2. The highest BCUT2D eigenvalue weighted by atomic mass is 15.0. The molecule has 1 aliphatic carbocycles. The number of rotatable bonds is 4. The van der Waals surface area contributed by atoms with E-state index in [1.165, 1.54) is 22.2 Å².